The van der Waals surface area contributed by atoms with E-state index in [2.05, 4.69) is 28.6 Å². The van der Waals surface area contributed by atoms with Gasteiger partial charge in [0.15, 0.2) is 17.5 Å². The highest BCUT2D eigenvalue weighted by molar-refractivity contribution is 14.0. The molecule has 0 radical (unpaired) electrons. The second kappa shape index (κ2) is 13.9. The summed E-state index contributed by atoms with van der Waals surface area (Å²) >= 11 is 0. The number of benzene rings is 1. The van der Waals surface area contributed by atoms with Gasteiger partial charge in [-0.2, -0.15) is 0 Å². The lowest BCUT2D eigenvalue weighted by Crippen LogP contribution is -2.38. The number of guanidine groups is 1. The van der Waals surface area contributed by atoms with Crippen LogP contribution in [-0.4, -0.2) is 62.2 Å². The van der Waals surface area contributed by atoms with E-state index in [1.165, 1.54) is 25.7 Å². The van der Waals surface area contributed by atoms with Gasteiger partial charge in [-0.1, -0.05) is 32.8 Å². The number of rotatable bonds is 9. The van der Waals surface area contributed by atoms with Crippen LogP contribution in [0.2, 0.25) is 0 Å². The molecule has 0 aliphatic carbocycles. The molecule has 0 atom stereocenters. The van der Waals surface area contributed by atoms with E-state index >= 15 is 0 Å². The SMILES string of the molecule is CCN(CC)CCOc1ccc(CN=C(N)N2CCCCCC2)cc1OC.I. The summed E-state index contributed by atoms with van der Waals surface area (Å²) in [5.41, 5.74) is 7.27. The molecule has 160 valence electrons. The van der Waals surface area contributed by atoms with Crippen LogP contribution >= 0.6 is 24.0 Å². The minimum Gasteiger partial charge on any atom is -0.493 e. The molecule has 0 amide bonds. The van der Waals surface area contributed by atoms with Crippen molar-refractivity contribution < 1.29 is 9.47 Å². The van der Waals surface area contributed by atoms with Crippen molar-refractivity contribution in [1.29, 1.82) is 0 Å². The number of likely N-dealkylation sites (tertiary alicyclic amines) is 1. The van der Waals surface area contributed by atoms with Crippen molar-refractivity contribution in [2.75, 3.05) is 46.4 Å². The Balaban J connectivity index is 0.00000392. The van der Waals surface area contributed by atoms with Gasteiger partial charge in [0, 0.05) is 19.6 Å². The monoisotopic (exact) mass is 504 g/mol. The molecule has 1 heterocycles. The first-order valence-corrected chi connectivity index (χ1v) is 10.2. The fourth-order valence-corrected chi connectivity index (χ4v) is 3.33. The maximum atomic E-state index is 6.20. The number of hydrogen-bond acceptors (Lipinski definition) is 4. The van der Waals surface area contributed by atoms with Gasteiger partial charge < -0.3 is 25.0 Å². The Labute approximate surface area is 187 Å². The van der Waals surface area contributed by atoms with Gasteiger partial charge in [0.05, 0.1) is 13.7 Å². The summed E-state index contributed by atoms with van der Waals surface area (Å²) in [4.78, 5) is 9.13. The van der Waals surface area contributed by atoms with Gasteiger partial charge in [-0.25, -0.2) is 4.99 Å². The maximum absolute atomic E-state index is 6.20. The smallest absolute Gasteiger partial charge is 0.191 e. The molecule has 0 aromatic heterocycles. The molecule has 0 bridgehead atoms. The van der Waals surface area contributed by atoms with Crippen LogP contribution in [-0.2, 0) is 6.54 Å². The lowest BCUT2D eigenvalue weighted by atomic mass is 10.2. The quantitative estimate of drug-likeness (QED) is 0.316. The molecule has 0 unspecified atom stereocenters. The highest BCUT2D eigenvalue weighted by Gasteiger charge is 2.11. The van der Waals surface area contributed by atoms with Crippen LogP contribution in [0.15, 0.2) is 23.2 Å². The van der Waals surface area contributed by atoms with Gasteiger partial charge in [0.2, 0.25) is 0 Å². The number of hydrogen-bond donors (Lipinski definition) is 1. The van der Waals surface area contributed by atoms with E-state index in [0.717, 1.165) is 49.8 Å². The standard InChI is InChI=1S/C21H36N4O2.HI/c1-4-24(5-2)14-15-27-19-11-10-18(16-20(19)26-3)17-23-21(22)25-12-8-6-7-9-13-25;/h10-11,16H,4-9,12-15,17H2,1-3H3,(H2,22,23);1H. The predicted molar refractivity (Wildman–Crippen MR) is 127 cm³/mol. The van der Waals surface area contributed by atoms with Crippen molar-refractivity contribution in [1.82, 2.24) is 9.80 Å². The van der Waals surface area contributed by atoms with Gasteiger partial charge in [-0.15, -0.1) is 24.0 Å². The van der Waals surface area contributed by atoms with Gasteiger partial charge in [-0.05, 0) is 43.6 Å². The normalized spacial score (nSPS) is 15.1. The number of likely N-dealkylation sites (N-methyl/N-ethyl adjacent to an activating group) is 1. The number of methoxy groups -OCH3 is 1. The molecule has 28 heavy (non-hydrogen) atoms. The molecule has 1 aliphatic heterocycles. The molecule has 0 saturated carbocycles. The summed E-state index contributed by atoms with van der Waals surface area (Å²) in [6, 6.07) is 5.99. The second-order valence-electron chi connectivity index (χ2n) is 6.94. The summed E-state index contributed by atoms with van der Waals surface area (Å²) < 4.78 is 11.4. The molecule has 1 fully saturated rings. The first-order chi connectivity index (χ1) is 13.2. The molecule has 2 rings (SSSR count). The molecular formula is C21H37IN4O2. The number of aliphatic imine (C=N–C) groups is 1. The molecular weight excluding hydrogens is 467 g/mol. The minimum absolute atomic E-state index is 0. The van der Waals surface area contributed by atoms with Gasteiger partial charge in [-0.3, -0.25) is 0 Å². The average Bonchev–Trinajstić information content (AvgIpc) is 2.99. The lowest BCUT2D eigenvalue weighted by Gasteiger charge is -2.21. The molecule has 1 aliphatic rings. The van der Waals surface area contributed by atoms with Crippen LogP contribution in [0.1, 0.15) is 45.1 Å². The molecule has 7 heteroatoms. The summed E-state index contributed by atoms with van der Waals surface area (Å²) in [7, 11) is 1.67. The Kier molecular flexibility index (Phi) is 12.3. The molecule has 0 spiro atoms. The third-order valence-electron chi connectivity index (χ3n) is 5.14. The summed E-state index contributed by atoms with van der Waals surface area (Å²) in [6.07, 6.45) is 4.97. The van der Waals surface area contributed by atoms with Gasteiger partial charge in [0.25, 0.3) is 0 Å². The third kappa shape index (κ3) is 8.03. The zero-order valence-corrected chi connectivity index (χ0v) is 20.0. The van der Waals surface area contributed by atoms with Gasteiger partial charge >= 0.3 is 0 Å². The second-order valence-corrected chi connectivity index (χ2v) is 6.94. The first kappa shape index (κ1) is 24.8. The zero-order chi connectivity index (χ0) is 19.5. The highest BCUT2D eigenvalue weighted by atomic mass is 127. The number of halogens is 1. The van der Waals surface area contributed by atoms with Crippen LogP contribution in [0.3, 0.4) is 0 Å². The van der Waals surface area contributed by atoms with Crippen molar-refractivity contribution >= 4 is 29.9 Å². The Morgan fingerprint density at radius 1 is 1.11 bits per heavy atom. The molecule has 2 N–H and O–H groups in total. The fourth-order valence-electron chi connectivity index (χ4n) is 3.33. The molecule has 1 aromatic rings. The Morgan fingerprint density at radius 2 is 1.79 bits per heavy atom. The topological polar surface area (TPSA) is 63.3 Å². The Bertz CT molecular complexity index is 586. The van der Waals surface area contributed by atoms with Crippen LogP contribution < -0.4 is 15.2 Å². The van der Waals surface area contributed by atoms with Crippen LogP contribution in [0.25, 0.3) is 0 Å². The zero-order valence-electron chi connectivity index (χ0n) is 17.7. The molecule has 1 saturated heterocycles. The summed E-state index contributed by atoms with van der Waals surface area (Å²) in [6.45, 7) is 10.5. The lowest BCUT2D eigenvalue weighted by molar-refractivity contribution is 0.217. The minimum atomic E-state index is 0. The summed E-state index contributed by atoms with van der Waals surface area (Å²) in [5.74, 6) is 2.17. The van der Waals surface area contributed by atoms with Crippen molar-refractivity contribution in [3.63, 3.8) is 0 Å². The third-order valence-corrected chi connectivity index (χ3v) is 5.14. The molecule has 1 aromatic carbocycles. The number of ether oxygens (including phenoxy) is 2. The van der Waals surface area contributed by atoms with Crippen LogP contribution in [0.5, 0.6) is 11.5 Å². The van der Waals surface area contributed by atoms with E-state index in [-0.39, 0.29) is 24.0 Å². The van der Waals surface area contributed by atoms with E-state index < -0.39 is 0 Å². The Hall–Kier alpha value is -1.22. The van der Waals surface area contributed by atoms with Crippen LogP contribution in [0, 0.1) is 0 Å². The van der Waals surface area contributed by atoms with Gasteiger partial charge in [0.1, 0.15) is 6.61 Å². The van der Waals surface area contributed by atoms with E-state index in [0.29, 0.717) is 19.1 Å². The van der Waals surface area contributed by atoms with Crippen molar-refractivity contribution in [2.24, 2.45) is 10.7 Å². The number of nitrogens with two attached hydrogens (primary N) is 1. The van der Waals surface area contributed by atoms with E-state index in [1.54, 1.807) is 7.11 Å². The van der Waals surface area contributed by atoms with Crippen LogP contribution in [0.4, 0.5) is 0 Å². The number of nitrogens with zero attached hydrogens (tertiary/aromatic N) is 3. The van der Waals surface area contributed by atoms with Crippen molar-refractivity contribution in [3.8, 4) is 11.5 Å². The largest absolute Gasteiger partial charge is 0.493 e. The Morgan fingerprint density at radius 3 is 2.39 bits per heavy atom. The molecule has 6 nitrogen and oxygen atoms in total. The van der Waals surface area contributed by atoms with Crippen molar-refractivity contribution in [3.05, 3.63) is 23.8 Å². The van der Waals surface area contributed by atoms with E-state index in [9.17, 15) is 0 Å². The fraction of sp³-hybridized carbons (Fsp3) is 0.667. The van der Waals surface area contributed by atoms with E-state index in [4.69, 9.17) is 15.2 Å². The predicted octanol–water partition coefficient (Wildman–Crippen LogP) is 3.72. The maximum Gasteiger partial charge on any atom is 0.191 e. The highest BCUT2D eigenvalue weighted by Crippen LogP contribution is 2.28. The van der Waals surface area contributed by atoms with E-state index in [1.807, 2.05) is 18.2 Å². The average molecular weight is 504 g/mol. The summed E-state index contributed by atoms with van der Waals surface area (Å²) in [5, 5.41) is 0. The first-order valence-electron chi connectivity index (χ1n) is 10.2. The van der Waals surface area contributed by atoms with Crippen molar-refractivity contribution in [2.45, 2.75) is 46.1 Å².